The molecule has 31 heavy (non-hydrogen) atoms. The summed E-state index contributed by atoms with van der Waals surface area (Å²) in [6.07, 6.45) is 0. The fourth-order valence-corrected chi connectivity index (χ4v) is 3.26. The normalized spacial score (nSPS) is 10.6. The molecular weight excluding hydrogens is 453 g/mol. The number of hydrogen-bond acceptors (Lipinski definition) is 7. The van der Waals surface area contributed by atoms with Gasteiger partial charge in [0.25, 0.3) is 11.6 Å². The zero-order chi connectivity index (χ0) is 22.9. The maximum atomic E-state index is 12.7. The number of aromatic nitrogens is 2. The highest BCUT2D eigenvalue weighted by molar-refractivity contribution is 6.35. The smallest absolute Gasteiger partial charge is 0.322 e. The molecule has 13 heteroatoms. The molecule has 11 nitrogen and oxygen atoms in total. The first-order valence-corrected chi connectivity index (χ1v) is 9.24. The molecule has 3 aromatic rings. The summed E-state index contributed by atoms with van der Waals surface area (Å²) in [4.78, 5) is 33.9. The van der Waals surface area contributed by atoms with Crippen molar-refractivity contribution in [1.82, 2.24) is 9.78 Å². The number of carbonyl (C=O) groups is 1. The maximum absolute atomic E-state index is 12.7. The van der Waals surface area contributed by atoms with Crippen LogP contribution in [0, 0.1) is 27.2 Å². The number of nitro groups is 2. The van der Waals surface area contributed by atoms with E-state index in [1.165, 1.54) is 38.2 Å². The van der Waals surface area contributed by atoms with Gasteiger partial charge in [0, 0.05) is 24.2 Å². The van der Waals surface area contributed by atoms with Crippen LogP contribution in [0.2, 0.25) is 10.0 Å². The van der Waals surface area contributed by atoms with Crippen molar-refractivity contribution in [2.24, 2.45) is 7.05 Å². The molecule has 0 aliphatic carbocycles. The first-order valence-electron chi connectivity index (χ1n) is 8.48. The number of non-ortho nitro benzene ring substituents is 1. The summed E-state index contributed by atoms with van der Waals surface area (Å²) in [6, 6.07) is 7.96. The molecule has 0 unspecified atom stereocenters. The molecule has 0 aliphatic heterocycles. The number of halogens is 2. The largest absolute Gasteiger partial charge is 0.455 e. The lowest BCUT2D eigenvalue weighted by molar-refractivity contribution is -0.385. The zero-order valence-electron chi connectivity index (χ0n) is 16.0. The third-order valence-electron chi connectivity index (χ3n) is 4.07. The van der Waals surface area contributed by atoms with Gasteiger partial charge in [-0.15, -0.1) is 0 Å². The van der Waals surface area contributed by atoms with E-state index in [-0.39, 0.29) is 39.3 Å². The molecular formula is C18H13Cl2N5O6. The van der Waals surface area contributed by atoms with Gasteiger partial charge in [-0.1, -0.05) is 23.2 Å². The summed E-state index contributed by atoms with van der Waals surface area (Å²) in [5, 5.41) is 29.5. The first-order chi connectivity index (χ1) is 14.6. The molecule has 1 heterocycles. The van der Waals surface area contributed by atoms with Gasteiger partial charge in [-0.25, -0.2) is 0 Å². The Balaban J connectivity index is 1.97. The highest BCUT2D eigenvalue weighted by Gasteiger charge is 2.29. The van der Waals surface area contributed by atoms with E-state index in [1.54, 1.807) is 0 Å². The lowest BCUT2D eigenvalue weighted by Gasteiger charge is -2.10. The van der Waals surface area contributed by atoms with Crippen LogP contribution in [0.4, 0.5) is 17.1 Å². The third kappa shape index (κ3) is 4.73. The fraction of sp³-hybridized carbons (Fsp3) is 0.111. The summed E-state index contributed by atoms with van der Waals surface area (Å²) in [5.41, 5.74) is -1.12. The Bertz CT molecular complexity index is 1230. The number of nitro benzene ring substituents is 1. The predicted molar refractivity (Wildman–Crippen MR) is 112 cm³/mol. The molecule has 0 bridgehead atoms. The van der Waals surface area contributed by atoms with E-state index >= 15 is 0 Å². The topological polar surface area (TPSA) is 142 Å². The number of rotatable bonds is 6. The van der Waals surface area contributed by atoms with E-state index in [4.69, 9.17) is 27.9 Å². The SMILES string of the molecule is Cc1nn(C)c(C(=O)Nc2cc(Oc3ccc(Cl)cc3Cl)cc([N+](=O)[O-])c2)c1[N+](=O)[O-]. The first kappa shape index (κ1) is 22.0. The second-order valence-corrected chi connectivity index (χ2v) is 7.11. The number of carbonyl (C=O) groups excluding carboxylic acids is 1. The lowest BCUT2D eigenvalue weighted by Crippen LogP contribution is -2.17. The predicted octanol–water partition coefficient (Wildman–Crippen LogP) is 4.90. The quantitative estimate of drug-likeness (QED) is 0.402. The van der Waals surface area contributed by atoms with Gasteiger partial charge < -0.3 is 10.1 Å². The van der Waals surface area contributed by atoms with Gasteiger partial charge in [0.05, 0.1) is 26.6 Å². The molecule has 3 rings (SSSR count). The van der Waals surface area contributed by atoms with Crippen LogP contribution in [0.15, 0.2) is 36.4 Å². The number of nitrogens with zero attached hydrogens (tertiary/aromatic N) is 4. The molecule has 0 saturated heterocycles. The zero-order valence-corrected chi connectivity index (χ0v) is 17.5. The monoisotopic (exact) mass is 465 g/mol. The Morgan fingerprint density at radius 1 is 1.13 bits per heavy atom. The average Bonchev–Trinajstić information content (AvgIpc) is 2.98. The molecule has 1 aromatic heterocycles. The van der Waals surface area contributed by atoms with Crippen LogP contribution >= 0.6 is 23.2 Å². The van der Waals surface area contributed by atoms with Crippen LogP contribution < -0.4 is 10.1 Å². The molecule has 2 aromatic carbocycles. The van der Waals surface area contributed by atoms with Crippen molar-refractivity contribution in [3.05, 3.63) is 78.1 Å². The number of anilines is 1. The molecule has 0 radical (unpaired) electrons. The highest BCUT2D eigenvalue weighted by atomic mass is 35.5. The van der Waals surface area contributed by atoms with E-state index < -0.39 is 21.4 Å². The van der Waals surface area contributed by atoms with E-state index in [1.807, 2.05) is 0 Å². The number of aryl methyl sites for hydroxylation is 2. The Hall–Kier alpha value is -3.70. The van der Waals surface area contributed by atoms with Crippen molar-refractivity contribution < 1.29 is 19.4 Å². The van der Waals surface area contributed by atoms with Gasteiger partial charge in [-0.3, -0.25) is 29.7 Å². The molecule has 0 aliphatic rings. The summed E-state index contributed by atoms with van der Waals surface area (Å²) in [7, 11) is 1.37. The summed E-state index contributed by atoms with van der Waals surface area (Å²) in [5.74, 6) is -0.683. The van der Waals surface area contributed by atoms with E-state index in [0.717, 1.165) is 16.8 Å². The number of hydrogen-bond donors (Lipinski definition) is 1. The molecule has 1 amide bonds. The summed E-state index contributed by atoms with van der Waals surface area (Å²) >= 11 is 11.9. The Labute approximate surface area is 184 Å². The van der Waals surface area contributed by atoms with Gasteiger partial charge in [0.15, 0.2) is 0 Å². The van der Waals surface area contributed by atoms with Crippen molar-refractivity contribution >= 4 is 46.2 Å². The summed E-state index contributed by atoms with van der Waals surface area (Å²) < 4.78 is 6.66. The van der Waals surface area contributed by atoms with Crippen LogP contribution in [0.5, 0.6) is 11.5 Å². The maximum Gasteiger partial charge on any atom is 0.322 e. The van der Waals surface area contributed by atoms with Gasteiger partial charge in [0.2, 0.25) is 5.69 Å². The molecule has 1 N–H and O–H groups in total. The van der Waals surface area contributed by atoms with Crippen molar-refractivity contribution in [3.63, 3.8) is 0 Å². The third-order valence-corrected chi connectivity index (χ3v) is 4.60. The fourth-order valence-electron chi connectivity index (χ4n) is 2.82. The van der Waals surface area contributed by atoms with E-state index in [9.17, 15) is 25.0 Å². The van der Waals surface area contributed by atoms with Crippen LogP contribution in [-0.2, 0) is 7.05 Å². The van der Waals surface area contributed by atoms with Gasteiger partial charge in [0.1, 0.15) is 17.2 Å². The van der Waals surface area contributed by atoms with Crippen LogP contribution in [0.25, 0.3) is 0 Å². The minimum absolute atomic E-state index is 0.00408. The van der Waals surface area contributed by atoms with Crippen molar-refractivity contribution in [2.75, 3.05) is 5.32 Å². The molecule has 0 spiro atoms. The van der Waals surface area contributed by atoms with Crippen molar-refractivity contribution in [1.29, 1.82) is 0 Å². The molecule has 0 fully saturated rings. The van der Waals surface area contributed by atoms with Crippen molar-refractivity contribution in [3.8, 4) is 11.5 Å². The minimum Gasteiger partial charge on any atom is -0.455 e. The van der Waals surface area contributed by atoms with Gasteiger partial charge in [-0.2, -0.15) is 5.10 Å². The minimum atomic E-state index is -0.870. The van der Waals surface area contributed by atoms with Gasteiger partial charge in [-0.05, 0) is 25.1 Å². The average molecular weight is 466 g/mol. The van der Waals surface area contributed by atoms with E-state index in [0.29, 0.717) is 5.02 Å². The van der Waals surface area contributed by atoms with Crippen LogP contribution in [0.3, 0.4) is 0 Å². The summed E-state index contributed by atoms with van der Waals surface area (Å²) in [6.45, 7) is 1.39. The molecule has 0 atom stereocenters. The number of nitrogens with one attached hydrogen (secondary N) is 1. The Kier molecular flexibility index (Phi) is 6.09. The molecule has 0 saturated carbocycles. The standard InChI is InChI=1S/C18H13Cl2N5O6/c1-9-16(25(29)30)17(23(2)22-9)18(26)21-11-6-12(24(27)28)8-13(7-11)31-15-4-3-10(19)5-14(15)20/h3-8H,1-2H3,(H,21,26). The number of ether oxygens (including phenoxy) is 1. The highest BCUT2D eigenvalue weighted by Crippen LogP contribution is 2.35. The van der Waals surface area contributed by atoms with Crippen molar-refractivity contribution in [2.45, 2.75) is 6.92 Å². The van der Waals surface area contributed by atoms with Crippen LogP contribution in [0.1, 0.15) is 16.2 Å². The number of amides is 1. The van der Waals surface area contributed by atoms with E-state index in [2.05, 4.69) is 10.4 Å². The Morgan fingerprint density at radius 2 is 1.84 bits per heavy atom. The molecule has 160 valence electrons. The van der Waals surface area contributed by atoms with Crippen LogP contribution in [-0.4, -0.2) is 25.5 Å². The number of benzene rings is 2. The second kappa shape index (κ2) is 8.58. The van der Waals surface area contributed by atoms with Gasteiger partial charge >= 0.3 is 5.69 Å². The lowest BCUT2D eigenvalue weighted by atomic mass is 10.2. The second-order valence-electron chi connectivity index (χ2n) is 6.27. The Morgan fingerprint density at radius 3 is 2.45 bits per heavy atom.